The molecule has 2 aromatic carbocycles. The Hall–Kier alpha value is -2.10. The lowest BCUT2D eigenvalue weighted by Crippen LogP contribution is -2.10. The van der Waals surface area contributed by atoms with Crippen molar-refractivity contribution in [1.82, 2.24) is 0 Å². The molecule has 0 aliphatic rings. The predicted octanol–water partition coefficient (Wildman–Crippen LogP) is 3.63. The molecule has 0 spiro atoms. The van der Waals surface area contributed by atoms with Gasteiger partial charge in [-0.05, 0) is 23.9 Å². The topological polar surface area (TPSA) is 48.2 Å². The number of rotatable bonds is 2. The van der Waals surface area contributed by atoms with E-state index < -0.39 is 0 Å². The number of phenolic OH excluding ortho intramolecular Hbond substituents is 1. The van der Waals surface area contributed by atoms with Crippen LogP contribution in [0, 0.1) is 6.92 Å². The predicted molar refractivity (Wildman–Crippen MR) is 75.1 cm³/mol. The molecule has 0 saturated heterocycles. The fourth-order valence-corrected chi connectivity index (χ4v) is 2.24. The maximum Gasteiger partial charge on any atom is 0.152 e. The van der Waals surface area contributed by atoms with Gasteiger partial charge in [0.05, 0.1) is 5.69 Å². The second kappa shape index (κ2) is 4.64. The number of nitrogens with zero attached hydrogens (tertiary/aromatic N) is 3. The van der Waals surface area contributed by atoms with Gasteiger partial charge in [0.25, 0.3) is 0 Å². The number of phenols is 1. The molecule has 0 fully saturated rings. The van der Waals surface area contributed by atoms with Crippen LogP contribution in [-0.4, -0.2) is 26.2 Å². The summed E-state index contributed by atoms with van der Waals surface area (Å²) in [5.74, 6) is 0.186. The van der Waals surface area contributed by atoms with E-state index in [9.17, 15) is 5.11 Å². The Labute approximate surface area is 107 Å². The Morgan fingerprint density at radius 3 is 2.39 bits per heavy atom. The van der Waals surface area contributed by atoms with Crippen LogP contribution in [0.4, 0.5) is 11.4 Å². The van der Waals surface area contributed by atoms with Crippen LogP contribution in [0.15, 0.2) is 34.5 Å². The van der Waals surface area contributed by atoms with Crippen molar-refractivity contribution in [2.45, 2.75) is 6.92 Å². The molecule has 0 bridgehead atoms. The zero-order valence-corrected chi connectivity index (χ0v) is 11.1. The summed E-state index contributed by atoms with van der Waals surface area (Å²) in [5, 5.41) is 19.8. The molecule has 0 atom stereocenters. The summed E-state index contributed by atoms with van der Waals surface area (Å²) in [6.45, 7) is 2.03. The number of aryl methyl sites for hydroxylation is 1. The molecule has 2 aromatic rings. The third kappa shape index (κ3) is 1.90. The number of anilines is 1. The molecule has 2 rings (SSSR count). The van der Waals surface area contributed by atoms with Gasteiger partial charge in [0.1, 0.15) is 5.69 Å². The Morgan fingerprint density at radius 1 is 1.11 bits per heavy atom. The van der Waals surface area contributed by atoms with Gasteiger partial charge in [-0.15, -0.1) is 0 Å². The van der Waals surface area contributed by atoms with E-state index in [-0.39, 0.29) is 5.75 Å². The second-order valence-corrected chi connectivity index (χ2v) is 4.46. The quantitative estimate of drug-likeness (QED) is 0.819. The molecule has 0 unspecified atom stereocenters. The van der Waals surface area contributed by atoms with Crippen LogP contribution < -0.4 is 4.90 Å². The van der Waals surface area contributed by atoms with E-state index in [0.29, 0.717) is 5.69 Å². The molecule has 0 aliphatic carbocycles. The maximum absolute atomic E-state index is 10.4. The molecule has 0 heterocycles. The minimum atomic E-state index is 0.186. The lowest BCUT2D eigenvalue weighted by atomic mass is 10.0. The summed E-state index contributed by atoms with van der Waals surface area (Å²) in [7, 11) is 5.52. The third-order valence-electron chi connectivity index (χ3n) is 2.97. The molecular formula is C14H17N3O. The summed E-state index contributed by atoms with van der Waals surface area (Å²) in [6.07, 6.45) is 0. The van der Waals surface area contributed by atoms with Gasteiger partial charge < -0.3 is 10.0 Å². The van der Waals surface area contributed by atoms with Crippen LogP contribution in [0.3, 0.4) is 0 Å². The van der Waals surface area contributed by atoms with Crippen LogP contribution in [-0.2, 0) is 0 Å². The van der Waals surface area contributed by atoms with E-state index in [4.69, 9.17) is 0 Å². The summed E-state index contributed by atoms with van der Waals surface area (Å²) in [6, 6.07) is 7.79. The average Bonchev–Trinajstić information content (AvgIpc) is 2.33. The summed E-state index contributed by atoms with van der Waals surface area (Å²) >= 11 is 0. The monoisotopic (exact) mass is 243 g/mol. The van der Waals surface area contributed by atoms with Crippen molar-refractivity contribution in [3.63, 3.8) is 0 Å². The van der Waals surface area contributed by atoms with Crippen LogP contribution in [0.25, 0.3) is 10.8 Å². The molecule has 0 radical (unpaired) electrons. The number of fused-ring (bicyclic) bond motifs is 1. The highest BCUT2D eigenvalue weighted by Crippen LogP contribution is 2.41. The lowest BCUT2D eigenvalue weighted by molar-refractivity contribution is 0.482. The smallest absolute Gasteiger partial charge is 0.152 e. The van der Waals surface area contributed by atoms with Gasteiger partial charge in [0, 0.05) is 26.5 Å². The number of hydrogen-bond donors (Lipinski definition) is 1. The minimum absolute atomic E-state index is 0.186. The van der Waals surface area contributed by atoms with Gasteiger partial charge in [-0.25, -0.2) is 0 Å². The highest BCUT2D eigenvalue weighted by atomic mass is 16.3. The van der Waals surface area contributed by atoms with Crippen molar-refractivity contribution in [2.75, 3.05) is 26.0 Å². The molecule has 0 amide bonds. The van der Waals surface area contributed by atoms with E-state index in [2.05, 4.69) is 16.3 Å². The standard InChI is InChI=1S/C14H17N3O/c1-9-5-6-10-7-8-11(16-15-2)14(18)12(10)13(9)17(3)4/h5-8,18H,1-4H3. The van der Waals surface area contributed by atoms with Gasteiger partial charge in [-0.3, -0.25) is 0 Å². The highest BCUT2D eigenvalue weighted by molar-refractivity contribution is 6.02. The van der Waals surface area contributed by atoms with Crippen molar-refractivity contribution in [2.24, 2.45) is 10.2 Å². The first-order chi connectivity index (χ1) is 8.56. The summed E-state index contributed by atoms with van der Waals surface area (Å²) < 4.78 is 0. The number of azo groups is 1. The van der Waals surface area contributed by atoms with Gasteiger partial charge in [-0.2, -0.15) is 10.2 Å². The fraction of sp³-hybridized carbons (Fsp3) is 0.286. The zero-order chi connectivity index (χ0) is 13.3. The Kier molecular flexibility index (Phi) is 3.19. The number of hydrogen-bond acceptors (Lipinski definition) is 4. The van der Waals surface area contributed by atoms with Gasteiger partial charge in [0.2, 0.25) is 0 Å². The number of aromatic hydroxyl groups is 1. The van der Waals surface area contributed by atoms with Crippen LogP contribution >= 0.6 is 0 Å². The Balaban J connectivity index is 2.88. The lowest BCUT2D eigenvalue weighted by Gasteiger charge is -2.19. The molecule has 0 saturated carbocycles. The van der Waals surface area contributed by atoms with Crippen LogP contribution in [0.2, 0.25) is 0 Å². The van der Waals surface area contributed by atoms with Crippen LogP contribution in [0.1, 0.15) is 5.56 Å². The number of benzene rings is 2. The van der Waals surface area contributed by atoms with E-state index in [0.717, 1.165) is 22.0 Å². The molecule has 1 N–H and O–H groups in total. The third-order valence-corrected chi connectivity index (χ3v) is 2.97. The van der Waals surface area contributed by atoms with E-state index in [1.54, 1.807) is 13.1 Å². The first-order valence-corrected chi connectivity index (χ1v) is 5.78. The van der Waals surface area contributed by atoms with E-state index in [1.165, 1.54) is 0 Å². The zero-order valence-electron chi connectivity index (χ0n) is 11.1. The van der Waals surface area contributed by atoms with Crippen molar-refractivity contribution in [3.8, 4) is 5.75 Å². The normalized spacial score (nSPS) is 11.3. The average molecular weight is 243 g/mol. The van der Waals surface area contributed by atoms with Gasteiger partial charge in [-0.1, -0.05) is 18.2 Å². The maximum atomic E-state index is 10.4. The highest BCUT2D eigenvalue weighted by Gasteiger charge is 2.13. The molecule has 4 heteroatoms. The summed E-state index contributed by atoms with van der Waals surface area (Å²) in [4.78, 5) is 2.00. The second-order valence-electron chi connectivity index (χ2n) is 4.46. The van der Waals surface area contributed by atoms with Crippen molar-refractivity contribution in [1.29, 1.82) is 0 Å². The van der Waals surface area contributed by atoms with Crippen LogP contribution in [0.5, 0.6) is 5.75 Å². The molecule has 18 heavy (non-hydrogen) atoms. The molecular weight excluding hydrogens is 226 g/mol. The minimum Gasteiger partial charge on any atom is -0.505 e. The summed E-state index contributed by atoms with van der Waals surface area (Å²) in [5.41, 5.74) is 2.63. The molecule has 94 valence electrons. The molecule has 0 aromatic heterocycles. The first-order valence-electron chi connectivity index (χ1n) is 5.78. The Morgan fingerprint density at radius 2 is 1.78 bits per heavy atom. The van der Waals surface area contributed by atoms with Crippen molar-refractivity contribution < 1.29 is 5.11 Å². The Bertz CT molecular complexity index is 618. The van der Waals surface area contributed by atoms with Gasteiger partial charge >= 0.3 is 0 Å². The van der Waals surface area contributed by atoms with Gasteiger partial charge in [0.15, 0.2) is 5.75 Å². The molecule has 4 nitrogen and oxygen atoms in total. The largest absolute Gasteiger partial charge is 0.505 e. The van der Waals surface area contributed by atoms with E-state index in [1.807, 2.05) is 38.1 Å². The van der Waals surface area contributed by atoms with E-state index >= 15 is 0 Å². The van der Waals surface area contributed by atoms with Crippen molar-refractivity contribution >= 4 is 22.1 Å². The molecule has 0 aliphatic heterocycles. The fourth-order valence-electron chi connectivity index (χ4n) is 2.24. The van der Waals surface area contributed by atoms with Crippen molar-refractivity contribution in [3.05, 3.63) is 29.8 Å². The first kappa shape index (κ1) is 12.4. The SMILES string of the molecule is CN=Nc1ccc2ccc(C)c(N(C)C)c2c1O.